The van der Waals surface area contributed by atoms with Crippen LogP contribution in [-0.4, -0.2) is 33.3 Å². The molecule has 2 saturated carbocycles. The number of hydrogen-bond donors (Lipinski definition) is 1. The molecular formula is C14H19NO4. The Kier molecular flexibility index (Phi) is 2.38. The lowest BCUT2D eigenvalue weighted by Gasteiger charge is -2.41. The van der Waals surface area contributed by atoms with Gasteiger partial charge in [-0.3, -0.25) is 14.5 Å². The number of amides is 2. The van der Waals surface area contributed by atoms with Crippen LogP contribution in [0.1, 0.15) is 46.0 Å². The van der Waals surface area contributed by atoms with Crippen molar-refractivity contribution in [2.75, 3.05) is 0 Å². The van der Waals surface area contributed by atoms with Crippen LogP contribution in [-0.2, 0) is 14.4 Å². The average molecular weight is 265 g/mol. The second-order valence-corrected chi connectivity index (χ2v) is 6.69. The molecule has 1 aliphatic heterocycles. The number of fused-ring (bicyclic) bond motifs is 1. The molecule has 2 atom stereocenters. The van der Waals surface area contributed by atoms with Gasteiger partial charge in [-0.15, -0.1) is 0 Å². The van der Waals surface area contributed by atoms with Crippen molar-refractivity contribution in [3.63, 3.8) is 0 Å². The molecular weight excluding hydrogens is 246 g/mol. The molecule has 3 aliphatic rings. The van der Waals surface area contributed by atoms with E-state index in [9.17, 15) is 19.5 Å². The van der Waals surface area contributed by atoms with Crippen molar-refractivity contribution in [1.29, 1.82) is 0 Å². The van der Waals surface area contributed by atoms with E-state index in [-0.39, 0.29) is 29.1 Å². The summed E-state index contributed by atoms with van der Waals surface area (Å²) in [6.07, 6.45) is 3.31. The molecule has 5 nitrogen and oxygen atoms in total. The molecule has 0 aromatic heterocycles. The van der Waals surface area contributed by atoms with Gasteiger partial charge in [-0.2, -0.15) is 0 Å². The SMILES string of the molecule is CC1(C)C2C(=O)N(C3(C(=O)O)CCCCC3)C(=O)C21. The summed E-state index contributed by atoms with van der Waals surface area (Å²) in [7, 11) is 0. The fraction of sp³-hybridized carbons (Fsp3) is 0.786. The summed E-state index contributed by atoms with van der Waals surface area (Å²) >= 11 is 0. The van der Waals surface area contributed by atoms with E-state index in [0.29, 0.717) is 12.8 Å². The van der Waals surface area contributed by atoms with Crippen LogP contribution in [0.2, 0.25) is 0 Å². The standard InChI is InChI=1S/C14H19NO4/c1-13(2)8-9(13)11(17)15(10(8)16)14(12(18)19)6-4-3-5-7-14/h8-9H,3-7H2,1-2H3,(H,18,19). The minimum absolute atomic E-state index is 0.260. The monoisotopic (exact) mass is 265 g/mol. The summed E-state index contributed by atoms with van der Waals surface area (Å²) in [5, 5.41) is 9.57. The molecule has 19 heavy (non-hydrogen) atoms. The molecule has 104 valence electrons. The molecule has 2 amide bonds. The third-order valence-electron chi connectivity index (χ3n) is 5.31. The molecule has 0 radical (unpaired) electrons. The molecule has 0 aromatic carbocycles. The highest BCUT2D eigenvalue weighted by Crippen LogP contribution is 2.64. The van der Waals surface area contributed by atoms with Gasteiger partial charge in [0.2, 0.25) is 11.8 Å². The van der Waals surface area contributed by atoms with E-state index in [0.717, 1.165) is 24.2 Å². The molecule has 0 aromatic rings. The van der Waals surface area contributed by atoms with Gasteiger partial charge in [0.05, 0.1) is 11.8 Å². The summed E-state index contributed by atoms with van der Waals surface area (Å²) in [6.45, 7) is 3.81. The van der Waals surface area contributed by atoms with E-state index in [1.54, 1.807) is 0 Å². The number of carbonyl (C=O) groups excluding carboxylic acids is 2. The van der Waals surface area contributed by atoms with E-state index in [2.05, 4.69) is 0 Å². The summed E-state index contributed by atoms with van der Waals surface area (Å²) in [4.78, 5) is 37.6. The number of nitrogens with zero attached hydrogens (tertiary/aromatic N) is 1. The highest BCUT2D eigenvalue weighted by Gasteiger charge is 2.75. The second kappa shape index (κ2) is 3.58. The van der Waals surface area contributed by atoms with Crippen LogP contribution in [0.15, 0.2) is 0 Å². The number of aliphatic carboxylic acids is 1. The molecule has 0 spiro atoms. The van der Waals surface area contributed by atoms with Crippen molar-refractivity contribution >= 4 is 17.8 Å². The topological polar surface area (TPSA) is 74.7 Å². The first kappa shape index (κ1) is 12.6. The lowest BCUT2D eigenvalue weighted by Crippen LogP contribution is -2.59. The normalized spacial score (nSPS) is 35.2. The Balaban J connectivity index is 1.96. The van der Waals surface area contributed by atoms with Gasteiger partial charge < -0.3 is 5.11 Å². The van der Waals surface area contributed by atoms with Gasteiger partial charge in [-0.1, -0.05) is 33.1 Å². The maximum Gasteiger partial charge on any atom is 0.330 e. The van der Waals surface area contributed by atoms with Crippen LogP contribution in [0.5, 0.6) is 0 Å². The van der Waals surface area contributed by atoms with Crippen molar-refractivity contribution in [1.82, 2.24) is 4.90 Å². The van der Waals surface area contributed by atoms with Crippen LogP contribution in [0.25, 0.3) is 0 Å². The van der Waals surface area contributed by atoms with Crippen LogP contribution >= 0.6 is 0 Å². The Labute approximate surface area is 112 Å². The van der Waals surface area contributed by atoms with E-state index < -0.39 is 11.5 Å². The number of imide groups is 1. The van der Waals surface area contributed by atoms with Gasteiger partial charge in [-0.05, 0) is 18.3 Å². The summed E-state index contributed by atoms with van der Waals surface area (Å²) < 4.78 is 0. The van der Waals surface area contributed by atoms with Gasteiger partial charge in [-0.25, -0.2) is 4.79 Å². The van der Waals surface area contributed by atoms with Crippen LogP contribution in [0, 0.1) is 17.3 Å². The van der Waals surface area contributed by atoms with Gasteiger partial charge in [0.25, 0.3) is 0 Å². The van der Waals surface area contributed by atoms with Crippen LogP contribution in [0.4, 0.5) is 0 Å². The Hall–Kier alpha value is -1.39. The molecule has 3 fully saturated rings. The number of carboxylic acids is 1. The Morgan fingerprint density at radius 3 is 2.00 bits per heavy atom. The molecule has 5 heteroatoms. The average Bonchev–Trinajstić information content (AvgIpc) is 2.80. The van der Waals surface area contributed by atoms with Crippen LogP contribution in [0.3, 0.4) is 0 Å². The van der Waals surface area contributed by atoms with E-state index in [4.69, 9.17) is 0 Å². The molecule has 1 N–H and O–H groups in total. The molecule has 3 rings (SSSR count). The second-order valence-electron chi connectivity index (χ2n) is 6.69. The molecule has 1 saturated heterocycles. The van der Waals surface area contributed by atoms with Gasteiger partial charge >= 0.3 is 5.97 Å². The van der Waals surface area contributed by atoms with Gasteiger partial charge in [0.15, 0.2) is 0 Å². The molecule has 0 bridgehead atoms. The van der Waals surface area contributed by atoms with E-state index >= 15 is 0 Å². The summed E-state index contributed by atoms with van der Waals surface area (Å²) in [5.41, 5.74) is -1.55. The van der Waals surface area contributed by atoms with Crippen molar-refractivity contribution in [3.05, 3.63) is 0 Å². The number of hydrogen-bond acceptors (Lipinski definition) is 3. The number of likely N-dealkylation sites (tertiary alicyclic amines) is 1. The molecule has 1 heterocycles. The highest BCUT2D eigenvalue weighted by molar-refractivity contribution is 6.13. The first-order valence-corrected chi connectivity index (χ1v) is 6.95. The lowest BCUT2D eigenvalue weighted by atomic mass is 9.79. The van der Waals surface area contributed by atoms with Crippen molar-refractivity contribution in [3.8, 4) is 0 Å². The quantitative estimate of drug-likeness (QED) is 0.766. The van der Waals surface area contributed by atoms with Crippen molar-refractivity contribution in [2.24, 2.45) is 17.3 Å². The van der Waals surface area contributed by atoms with Crippen LogP contribution < -0.4 is 0 Å². The fourth-order valence-electron chi connectivity index (χ4n) is 4.04. The van der Waals surface area contributed by atoms with Gasteiger partial charge in [0.1, 0.15) is 5.54 Å². The third-order valence-corrected chi connectivity index (χ3v) is 5.31. The zero-order valence-corrected chi connectivity index (χ0v) is 11.3. The predicted octanol–water partition coefficient (Wildman–Crippen LogP) is 1.41. The first-order chi connectivity index (χ1) is 8.84. The summed E-state index contributed by atoms with van der Waals surface area (Å²) in [5.74, 6) is -2.13. The minimum atomic E-state index is -1.27. The fourth-order valence-corrected chi connectivity index (χ4v) is 4.04. The Morgan fingerprint density at radius 1 is 1.11 bits per heavy atom. The molecule has 2 aliphatic carbocycles. The lowest BCUT2D eigenvalue weighted by molar-refractivity contribution is -0.168. The summed E-state index contributed by atoms with van der Waals surface area (Å²) in [6, 6.07) is 0. The Morgan fingerprint density at radius 2 is 1.58 bits per heavy atom. The number of piperidine rings is 1. The maximum atomic E-state index is 12.4. The van der Waals surface area contributed by atoms with Crippen molar-refractivity contribution < 1.29 is 19.5 Å². The maximum absolute atomic E-state index is 12.4. The highest BCUT2D eigenvalue weighted by atomic mass is 16.4. The number of carboxylic acid groups (broad SMARTS) is 1. The Bertz CT molecular complexity index is 452. The number of rotatable bonds is 2. The predicted molar refractivity (Wildman–Crippen MR) is 66.1 cm³/mol. The molecule has 2 unspecified atom stereocenters. The largest absolute Gasteiger partial charge is 0.479 e. The van der Waals surface area contributed by atoms with E-state index in [1.165, 1.54) is 0 Å². The zero-order valence-electron chi connectivity index (χ0n) is 11.3. The van der Waals surface area contributed by atoms with Crippen molar-refractivity contribution in [2.45, 2.75) is 51.5 Å². The number of carbonyl (C=O) groups is 3. The van der Waals surface area contributed by atoms with E-state index in [1.807, 2.05) is 13.8 Å². The smallest absolute Gasteiger partial charge is 0.330 e. The van der Waals surface area contributed by atoms with Gasteiger partial charge in [0, 0.05) is 0 Å². The minimum Gasteiger partial charge on any atom is -0.479 e. The first-order valence-electron chi connectivity index (χ1n) is 6.95. The zero-order chi connectivity index (χ0) is 14.0. The third kappa shape index (κ3) is 1.38.